The van der Waals surface area contributed by atoms with E-state index in [-0.39, 0.29) is 5.41 Å². The van der Waals surface area contributed by atoms with E-state index in [2.05, 4.69) is 6.92 Å². The number of aliphatic hydroxyl groups is 1. The summed E-state index contributed by atoms with van der Waals surface area (Å²) in [6, 6.07) is 0. The van der Waals surface area contributed by atoms with E-state index in [1.165, 1.54) is 44.9 Å². The molecule has 148 valence electrons. The third-order valence-corrected chi connectivity index (χ3v) is 9.25. The maximum Gasteiger partial charge on any atom is 0.133 e. The van der Waals surface area contributed by atoms with Crippen molar-refractivity contribution >= 4 is 5.78 Å². The van der Waals surface area contributed by atoms with Crippen LogP contribution in [0.2, 0.25) is 0 Å². The van der Waals surface area contributed by atoms with Crippen molar-refractivity contribution in [3.05, 3.63) is 0 Å². The molecular formula is C23H38O3. The number of ether oxygens (including phenoxy) is 1. The van der Waals surface area contributed by atoms with Crippen molar-refractivity contribution in [3.8, 4) is 0 Å². The second-order valence-electron chi connectivity index (χ2n) is 10.5. The van der Waals surface area contributed by atoms with Crippen molar-refractivity contribution in [2.24, 2.45) is 40.9 Å². The first-order valence-corrected chi connectivity index (χ1v) is 11.1. The zero-order valence-electron chi connectivity index (χ0n) is 17.0. The fourth-order valence-corrected chi connectivity index (χ4v) is 8.23. The van der Waals surface area contributed by atoms with Crippen molar-refractivity contribution in [2.45, 2.75) is 83.7 Å². The minimum atomic E-state index is -0.587. The van der Waals surface area contributed by atoms with Crippen LogP contribution in [0.1, 0.15) is 78.1 Å². The van der Waals surface area contributed by atoms with Gasteiger partial charge in [-0.2, -0.15) is 0 Å². The summed E-state index contributed by atoms with van der Waals surface area (Å²) in [5.74, 6) is 4.64. The Hall–Kier alpha value is -0.410. The van der Waals surface area contributed by atoms with Crippen LogP contribution in [0.4, 0.5) is 0 Å². The molecule has 0 aliphatic heterocycles. The van der Waals surface area contributed by atoms with E-state index in [4.69, 9.17) is 4.74 Å². The highest BCUT2D eigenvalue weighted by Gasteiger charge is 2.57. The van der Waals surface area contributed by atoms with Crippen molar-refractivity contribution < 1.29 is 14.6 Å². The van der Waals surface area contributed by atoms with Crippen molar-refractivity contribution in [1.82, 2.24) is 0 Å². The molecule has 3 heteroatoms. The number of fused-ring (bicyclic) bond motifs is 5. The Balaban J connectivity index is 1.52. The van der Waals surface area contributed by atoms with Gasteiger partial charge in [-0.1, -0.05) is 13.3 Å². The normalized spacial score (nSPS) is 51.1. The van der Waals surface area contributed by atoms with E-state index in [0.29, 0.717) is 24.2 Å². The van der Waals surface area contributed by atoms with Gasteiger partial charge in [-0.3, -0.25) is 4.79 Å². The van der Waals surface area contributed by atoms with Crippen LogP contribution in [0, 0.1) is 40.9 Å². The van der Waals surface area contributed by atoms with Gasteiger partial charge in [0.1, 0.15) is 5.78 Å². The SMILES string of the molecule is COC[C@@]1(O)CC[C@H]2[C@H](CC[C@@H]3[C@@H]2CC[C@]2(C)[C@@H](C(C)=O)CCC[C@@H]32)C1. The molecule has 0 aromatic carbocycles. The standard InChI is InChI=1S/C23H38O3/c1-15(24)20-5-4-6-21-19-8-7-16-13-23(25,14-26-3)12-10-17(16)18(19)9-11-22(20,21)2/h16-21,25H,4-14H2,1-3H3/t16-,17+,18-,19-,20-,21+,22-,23-/m1/s1. The monoisotopic (exact) mass is 362 g/mol. The first-order chi connectivity index (χ1) is 12.4. The largest absolute Gasteiger partial charge is 0.387 e. The molecular weight excluding hydrogens is 324 g/mol. The number of ketones is 1. The summed E-state index contributed by atoms with van der Waals surface area (Å²) in [6.45, 7) is 4.77. The van der Waals surface area contributed by atoms with Gasteiger partial charge in [0.2, 0.25) is 0 Å². The molecule has 0 heterocycles. The molecule has 26 heavy (non-hydrogen) atoms. The Morgan fingerprint density at radius 1 is 1.04 bits per heavy atom. The second-order valence-corrected chi connectivity index (χ2v) is 10.5. The molecule has 0 unspecified atom stereocenters. The van der Waals surface area contributed by atoms with Crippen molar-refractivity contribution in [2.75, 3.05) is 13.7 Å². The van der Waals surface area contributed by atoms with Crippen LogP contribution in [0.3, 0.4) is 0 Å². The van der Waals surface area contributed by atoms with Crippen LogP contribution in [-0.4, -0.2) is 30.2 Å². The predicted octanol–water partition coefficient (Wildman–Crippen LogP) is 4.61. The maximum atomic E-state index is 12.3. The fourth-order valence-electron chi connectivity index (χ4n) is 8.23. The molecule has 4 fully saturated rings. The van der Waals surface area contributed by atoms with Gasteiger partial charge in [-0.25, -0.2) is 0 Å². The summed E-state index contributed by atoms with van der Waals surface area (Å²) in [5, 5.41) is 10.9. The molecule has 0 aromatic heterocycles. The lowest BCUT2D eigenvalue weighted by Crippen LogP contribution is -2.55. The first kappa shape index (κ1) is 18.9. The van der Waals surface area contributed by atoms with Crippen LogP contribution in [0.25, 0.3) is 0 Å². The lowest BCUT2D eigenvalue weighted by Gasteiger charge is -2.60. The number of hydrogen-bond acceptors (Lipinski definition) is 3. The average molecular weight is 363 g/mol. The highest BCUT2D eigenvalue weighted by Crippen LogP contribution is 2.63. The lowest BCUT2D eigenvalue weighted by atomic mass is 9.44. The van der Waals surface area contributed by atoms with Gasteiger partial charge in [0.05, 0.1) is 12.2 Å². The molecule has 0 amide bonds. The smallest absolute Gasteiger partial charge is 0.133 e. The van der Waals surface area contributed by atoms with Crippen molar-refractivity contribution in [1.29, 1.82) is 0 Å². The quantitative estimate of drug-likeness (QED) is 0.797. The van der Waals surface area contributed by atoms with E-state index in [1.54, 1.807) is 7.11 Å². The molecule has 1 N–H and O–H groups in total. The molecule has 4 saturated carbocycles. The van der Waals surface area contributed by atoms with Gasteiger partial charge in [-0.05, 0) is 99.7 Å². The summed E-state index contributed by atoms with van der Waals surface area (Å²) in [5.41, 5.74) is -0.333. The summed E-state index contributed by atoms with van der Waals surface area (Å²) in [7, 11) is 1.71. The van der Waals surface area contributed by atoms with Gasteiger partial charge in [0, 0.05) is 13.0 Å². The van der Waals surface area contributed by atoms with E-state index >= 15 is 0 Å². The minimum Gasteiger partial charge on any atom is -0.387 e. The topological polar surface area (TPSA) is 46.5 Å². The van der Waals surface area contributed by atoms with Gasteiger partial charge >= 0.3 is 0 Å². The Morgan fingerprint density at radius 2 is 1.81 bits per heavy atom. The summed E-state index contributed by atoms with van der Waals surface area (Å²) < 4.78 is 5.31. The minimum absolute atomic E-state index is 0.254. The number of rotatable bonds is 3. The van der Waals surface area contributed by atoms with E-state index in [0.717, 1.165) is 42.9 Å². The fraction of sp³-hybridized carbons (Fsp3) is 0.957. The number of carbonyl (C=O) groups is 1. The number of carbonyl (C=O) groups excluding carboxylic acids is 1. The molecule has 0 saturated heterocycles. The van der Waals surface area contributed by atoms with Crippen LogP contribution in [0.5, 0.6) is 0 Å². The molecule has 3 nitrogen and oxygen atoms in total. The second kappa shape index (κ2) is 6.88. The summed E-state index contributed by atoms with van der Waals surface area (Å²) in [6.07, 6.45) is 11.9. The molecule has 4 rings (SSSR count). The van der Waals surface area contributed by atoms with Gasteiger partial charge < -0.3 is 9.84 Å². The molecule has 0 bridgehead atoms. The Bertz CT molecular complexity index is 546. The zero-order valence-corrected chi connectivity index (χ0v) is 17.0. The zero-order chi connectivity index (χ0) is 18.5. The molecule has 0 aromatic rings. The number of methoxy groups -OCH3 is 1. The van der Waals surface area contributed by atoms with Crippen LogP contribution < -0.4 is 0 Å². The van der Waals surface area contributed by atoms with Crippen LogP contribution in [0.15, 0.2) is 0 Å². The van der Waals surface area contributed by atoms with E-state index in [1.807, 2.05) is 6.92 Å². The number of Topliss-reactive ketones (excluding diaryl/α,β-unsaturated/α-hetero) is 1. The number of hydrogen-bond donors (Lipinski definition) is 1. The first-order valence-electron chi connectivity index (χ1n) is 11.1. The van der Waals surface area contributed by atoms with E-state index in [9.17, 15) is 9.90 Å². The Morgan fingerprint density at radius 3 is 2.54 bits per heavy atom. The highest BCUT2D eigenvalue weighted by molar-refractivity contribution is 5.79. The highest BCUT2D eigenvalue weighted by atomic mass is 16.5. The third-order valence-electron chi connectivity index (χ3n) is 9.25. The Kier molecular flexibility index (Phi) is 5.01. The van der Waals surface area contributed by atoms with Gasteiger partial charge in [-0.15, -0.1) is 0 Å². The van der Waals surface area contributed by atoms with Gasteiger partial charge in [0.15, 0.2) is 0 Å². The molecule has 0 radical (unpaired) electrons. The Labute approximate surface area is 159 Å². The molecule has 4 aliphatic rings. The average Bonchev–Trinajstić information content (AvgIpc) is 2.59. The van der Waals surface area contributed by atoms with Gasteiger partial charge in [0.25, 0.3) is 0 Å². The molecule has 0 spiro atoms. The van der Waals surface area contributed by atoms with Crippen LogP contribution in [-0.2, 0) is 9.53 Å². The van der Waals surface area contributed by atoms with E-state index < -0.39 is 5.60 Å². The summed E-state index contributed by atoms with van der Waals surface area (Å²) in [4.78, 5) is 12.3. The molecule has 4 aliphatic carbocycles. The van der Waals surface area contributed by atoms with Crippen LogP contribution >= 0.6 is 0 Å². The predicted molar refractivity (Wildman–Crippen MR) is 103 cm³/mol. The molecule has 8 atom stereocenters. The van der Waals surface area contributed by atoms with Crippen molar-refractivity contribution in [3.63, 3.8) is 0 Å². The summed E-state index contributed by atoms with van der Waals surface area (Å²) >= 11 is 0. The maximum absolute atomic E-state index is 12.3. The lowest BCUT2D eigenvalue weighted by molar-refractivity contribution is -0.151. The third kappa shape index (κ3) is 2.98.